The maximum absolute atomic E-state index is 13.9. The smallest absolute Gasteiger partial charge is 0.206 e. The van der Waals surface area contributed by atoms with Crippen LogP contribution in [-0.2, 0) is 0 Å². The zero-order valence-corrected chi connectivity index (χ0v) is 20.2. The Balaban J connectivity index is 1.21. The lowest BCUT2D eigenvalue weighted by molar-refractivity contribution is 0.104. The van der Waals surface area contributed by atoms with Crippen molar-refractivity contribution >= 4 is 39.4 Å². The van der Waals surface area contributed by atoms with E-state index in [-0.39, 0.29) is 17.2 Å². The number of nitrogens with two attached hydrogens (primary N) is 1. The number of thiazole rings is 1. The molecule has 0 atom stereocenters. The third-order valence-electron chi connectivity index (χ3n) is 6.90. The van der Waals surface area contributed by atoms with Gasteiger partial charge in [-0.1, -0.05) is 23.5 Å². The summed E-state index contributed by atoms with van der Waals surface area (Å²) < 4.78 is 13.9. The molecule has 6 nitrogen and oxygen atoms in total. The summed E-state index contributed by atoms with van der Waals surface area (Å²) in [6, 6.07) is 13.5. The number of nitrogen functional groups attached to an aromatic ring is 1. The minimum atomic E-state index is -0.410. The third kappa shape index (κ3) is 4.79. The minimum Gasteiger partial charge on any atom is -0.382 e. The molecule has 0 saturated carbocycles. The van der Waals surface area contributed by atoms with Gasteiger partial charge in [0.2, 0.25) is 5.78 Å². The Morgan fingerprint density at radius 1 is 1.09 bits per heavy atom. The molecule has 0 aliphatic carbocycles. The molecule has 1 aromatic heterocycles. The molecule has 2 fully saturated rings. The number of aryl methyl sites for hydroxylation is 1. The molecule has 178 valence electrons. The highest BCUT2D eigenvalue weighted by Gasteiger charge is 2.26. The maximum atomic E-state index is 13.9. The van der Waals surface area contributed by atoms with Crippen LogP contribution < -0.4 is 16.0 Å². The van der Waals surface area contributed by atoms with Crippen LogP contribution >= 0.6 is 11.3 Å². The Bertz CT molecular complexity index is 1160. The van der Waals surface area contributed by atoms with Crippen LogP contribution in [0.15, 0.2) is 42.5 Å². The van der Waals surface area contributed by atoms with E-state index < -0.39 is 5.82 Å². The topological polar surface area (TPSA) is 74.5 Å². The van der Waals surface area contributed by atoms with Gasteiger partial charge in [0.1, 0.15) is 16.5 Å². The number of ketones is 1. The number of carbonyl (C=O) groups excluding carboxylic acids is 1. The molecule has 3 N–H and O–H groups in total. The number of nitrogens with one attached hydrogen (secondary N) is 1. The fraction of sp³-hybridized carbons (Fsp3) is 0.385. The van der Waals surface area contributed by atoms with Gasteiger partial charge in [0.25, 0.3) is 0 Å². The van der Waals surface area contributed by atoms with E-state index in [0.717, 1.165) is 24.8 Å². The van der Waals surface area contributed by atoms with Gasteiger partial charge in [-0.3, -0.25) is 4.79 Å². The van der Waals surface area contributed by atoms with Gasteiger partial charge in [-0.25, -0.2) is 9.37 Å². The Hall–Kier alpha value is -2.97. The standard InChI is InChI=1S/C26H30FN5OS/c1-17-4-5-18(16-22(17)27)23(33)24-25(28)30-26(34-24)29-19-6-8-20(9-7-19)32-14-10-21(11-15-32)31-12-2-3-13-31/h4-9,16,21H,2-3,10-15,28H2,1H3,(H,29,30). The number of likely N-dealkylation sites (tertiary alicyclic amines) is 1. The predicted octanol–water partition coefficient (Wildman–Crippen LogP) is 5.21. The Morgan fingerprint density at radius 2 is 1.79 bits per heavy atom. The van der Waals surface area contributed by atoms with Crippen molar-refractivity contribution in [3.05, 3.63) is 64.3 Å². The van der Waals surface area contributed by atoms with Gasteiger partial charge in [0.05, 0.1) is 0 Å². The van der Waals surface area contributed by atoms with Gasteiger partial charge in [-0.15, -0.1) is 0 Å². The summed E-state index contributed by atoms with van der Waals surface area (Å²) in [5, 5.41) is 3.78. The van der Waals surface area contributed by atoms with Gasteiger partial charge < -0.3 is 20.9 Å². The summed E-state index contributed by atoms with van der Waals surface area (Å²) in [5.41, 5.74) is 8.88. The molecule has 0 unspecified atom stereocenters. The summed E-state index contributed by atoms with van der Waals surface area (Å²) in [7, 11) is 0. The highest BCUT2D eigenvalue weighted by atomic mass is 32.1. The van der Waals surface area contributed by atoms with Gasteiger partial charge in [-0.2, -0.15) is 0 Å². The van der Waals surface area contributed by atoms with Crippen LogP contribution in [0.3, 0.4) is 0 Å². The Kier molecular flexibility index (Phi) is 6.52. The molecule has 34 heavy (non-hydrogen) atoms. The fourth-order valence-corrected chi connectivity index (χ4v) is 5.76. The van der Waals surface area contributed by atoms with Gasteiger partial charge in [-0.05, 0) is 81.6 Å². The van der Waals surface area contributed by atoms with Crippen LogP contribution in [0.25, 0.3) is 0 Å². The summed E-state index contributed by atoms with van der Waals surface area (Å²) >= 11 is 1.18. The highest BCUT2D eigenvalue weighted by Crippen LogP contribution is 2.31. The number of halogens is 1. The van der Waals surface area contributed by atoms with Crippen molar-refractivity contribution < 1.29 is 9.18 Å². The number of carbonyl (C=O) groups is 1. The first kappa shape index (κ1) is 22.8. The van der Waals surface area contributed by atoms with E-state index in [1.807, 2.05) is 12.1 Å². The van der Waals surface area contributed by atoms with Crippen LogP contribution in [-0.4, -0.2) is 47.9 Å². The lowest BCUT2D eigenvalue weighted by atomic mass is 10.0. The molecule has 5 rings (SSSR count). The largest absolute Gasteiger partial charge is 0.382 e. The zero-order valence-electron chi connectivity index (χ0n) is 19.4. The zero-order chi connectivity index (χ0) is 23.7. The molecule has 2 aliphatic heterocycles. The van der Waals surface area contributed by atoms with E-state index in [1.165, 1.54) is 61.9 Å². The molecule has 2 aromatic carbocycles. The summed E-state index contributed by atoms with van der Waals surface area (Å²) in [5.74, 6) is -0.585. The van der Waals surface area contributed by atoms with Crippen molar-refractivity contribution in [1.82, 2.24) is 9.88 Å². The maximum Gasteiger partial charge on any atom is 0.206 e. The number of piperidine rings is 1. The number of aromatic nitrogens is 1. The van der Waals surface area contributed by atoms with E-state index in [0.29, 0.717) is 15.6 Å². The second-order valence-corrected chi connectivity index (χ2v) is 10.2. The van der Waals surface area contributed by atoms with E-state index in [9.17, 15) is 9.18 Å². The van der Waals surface area contributed by atoms with Crippen LogP contribution in [0, 0.1) is 12.7 Å². The predicted molar refractivity (Wildman–Crippen MR) is 137 cm³/mol. The van der Waals surface area contributed by atoms with Crippen LogP contribution in [0.1, 0.15) is 46.5 Å². The lowest BCUT2D eigenvalue weighted by Crippen LogP contribution is -2.43. The van der Waals surface area contributed by atoms with Crippen molar-refractivity contribution in [2.24, 2.45) is 0 Å². The minimum absolute atomic E-state index is 0.149. The number of hydrogen-bond donors (Lipinski definition) is 2. The molecule has 3 aromatic rings. The third-order valence-corrected chi connectivity index (χ3v) is 7.88. The SMILES string of the molecule is Cc1ccc(C(=O)c2sc(Nc3ccc(N4CCC(N5CCCC5)CC4)cc3)nc2N)cc1F. The summed E-state index contributed by atoms with van der Waals surface area (Å²) in [4.78, 5) is 22.5. The molecule has 0 amide bonds. The first-order valence-electron chi connectivity index (χ1n) is 11.9. The number of nitrogens with zero attached hydrogens (tertiary/aromatic N) is 3. The van der Waals surface area contributed by atoms with Crippen LogP contribution in [0.5, 0.6) is 0 Å². The molecule has 0 bridgehead atoms. The normalized spacial score (nSPS) is 17.3. The van der Waals surface area contributed by atoms with Crippen molar-refractivity contribution in [1.29, 1.82) is 0 Å². The second kappa shape index (κ2) is 9.72. The number of anilines is 4. The van der Waals surface area contributed by atoms with E-state index in [4.69, 9.17) is 5.73 Å². The molecular weight excluding hydrogens is 449 g/mol. The summed E-state index contributed by atoms with van der Waals surface area (Å²) in [6.45, 7) is 6.36. The second-order valence-electron chi connectivity index (χ2n) is 9.16. The van der Waals surface area contributed by atoms with E-state index in [1.54, 1.807) is 19.1 Å². The first-order chi connectivity index (χ1) is 16.5. The van der Waals surface area contributed by atoms with Crippen molar-refractivity contribution in [2.45, 2.75) is 38.6 Å². The molecule has 2 saturated heterocycles. The van der Waals surface area contributed by atoms with Crippen LogP contribution in [0.2, 0.25) is 0 Å². The Labute approximate surface area is 203 Å². The van der Waals surface area contributed by atoms with Crippen molar-refractivity contribution in [2.75, 3.05) is 42.1 Å². The van der Waals surface area contributed by atoms with E-state index in [2.05, 4.69) is 32.2 Å². The Morgan fingerprint density at radius 3 is 2.47 bits per heavy atom. The summed E-state index contributed by atoms with van der Waals surface area (Å²) in [6.07, 6.45) is 5.14. The van der Waals surface area contributed by atoms with Crippen LogP contribution in [0.4, 0.5) is 26.7 Å². The van der Waals surface area contributed by atoms with Gasteiger partial charge in [0, 0.05) is 36.1 Å². The highest BCUT2D eigenvalue weighted by molar-refractivity contribution is 7.18. The van der Waals surface area contributed by atoms with E-state index >= 15 is 0 Å². The molecule has 3 heterocycles. The number of rotatable bonds is 6. The first-order valence-corrected chi connectivity index (χ1v) is 12.7. The van der Waals surface area contributed by atoms with Crippen molar-refractivity contribution in [3.63, 3.8) is 0 Å². The average Bonchev–Trinajstić information content (AvgIpc) is 3.51. The number of hydrogen-bond acceptors (Lipinski definition) is 7. The number of benzene rings is 2. The average molecular weight is 480 g/mol. The van der Waals surface area contributed by atoms with Gasteiger partial charge in [0.15, 0.2) is 5.13 Å². The lowest BCUT2D eigenvalue weighted by Gasteiger charge is -2.37. The molecular formula is C26H30FN5OS. The quantitative estimate of drug-likeness (QED) is 0.473. The fourth-order valence-electron chi connectivity index (χ4n) is 4.89. The molecule has 0 radical (unpaired) electrons. The monoisotopic (exact) mass is 479 g/mol. The van der Waals surface area contributed by atoms with Crippen molar-refractivity contribution in [3.8, 4) is 0 Å². The van der Waals surface area contributed by atoms with Gasteiger partial charge >= 0.3 is 0 Å². The molecule has 0 spiro atoms. The molecule has 8 heteroatoms. The molecule has 2 aliphatic rings.